The lowest BCUT2D eigenvalue weighted by Gasteiger charge is -2.15. The monoisotopic (exact) mass is 244 g/mol. The first-order valence-corrected chi connectivity index (χ1v) is 7.26. The minimum absolute atomic E-state index is 0.412. The molecule has 0 aliphatic heterocycles. The highest BCUT2D eigenvalue weighted by Gasteiger charge is 2.24. The number of hydrogen-bond acceptors (Lipinski definition) is 3. The summed E-state index contributed by atoms with van der Waals surface area (Å²) in [4.78, 5) is 3.09. The predicted octanol–water partition coefficient (Wildman–Crippen LogP) is 2.31. The molecule has 1 rings (SSSR count). The first-order chi connectivity index (χ1) is 7.70. The molecule has 4 nitrogen and oxygen atoms in total. The van der Waals surface area contributed by atoms with E-state index in [2.05, 4.69) is 4.98 Å². The van der Waals surface area contributed by atoms with Gasteiger partial charge in [0.25, 0.3) is 0 Å². The second-order valence-electron chi connectivity index (χ2n) is 3.31. The van der Waals surface area contributed by atoms with Gasteiger partial charge in [-0.2, -0.15) is 0 Å². The average Bonchev–Trinajstić information content (AvgIpc) is 2.29. The quantitative estimate of drug-likeness (QED) is 0.691. The summed E-state index contributed by atoms with van der Waals surface area (Å²) in [6.07, 6.45) is 2.93. The van der Waals surface area contributed by atoms with Crippen LogP contribution < -0.4 is 4.98 Å². The fourth-order valence-corrected chi connectivity index (χ4v) is 3.04. The van der Waals surface area contributed by atoms with E-state index in [9.17, 15) is 4.57 Å². The second kappa shape index (κ2) is 6.79. The Morgan fingerprint density at radius 1 is 1.25 bits per heavy atom. The average molecular weight is 244 g/mol. The van der Waals surface area contributed by atoms with Crippen LogP contribution in [0.2, 0.25) is 0 Å². The fourth-order valence-electron chi connectivity index (χ4n) is 1.40. The van der Waals surface area contributed by atoms with Crippen LogP contribution >= 0.6 is 7.60 Å². The minimum atomic E-state index is -2.90. The van der Waals surface area contributed by atoms with Crippen LogP contribution in [0.15, 0.2) is 24.4 Å². The Hall–Kier alpha value is -0.700. The standard InChI is InChI=1S/C11H18NO3P/c1-3-14-16(13,15-4-2)10-8-11-7-5-6-9-12-11/h5-7,9H,3-4,8,10H2,1-2H3/p+1. The lowest BCUT2D eigenvalue weighted by atomic mass is 10.3. The lowest BCUT2D eigenvalue weighted by molar-refractivity contribution is -0.389. The van der Waals surface area contributed by atoms with Crippen LogP contribution in [0.4, 0.5) is 0 Å². The minimum Gasteiger partial charge on any atom is -0.309 e. The van der Waals surface area contributed by atoms with E-state index in [1.54, 1.807) is 0 Å². The van der Waals surface area contributed by atoms with Crippen LogP contribution in [-0.2, 0) is 20.0 Å². The summed E-state index contributed by atoms with van der Waals surface area (Å²) in [6.45, 7) is 4.46. The third-order valence-corrected chi connectivity index (χ3v) is 4.15. The Balaban J connectivity index is 2.53. The lowest BCUT2D eigenvalue weighted by Crippen LogP contribution is -2.12. The molecule has 0 aliphatic rings. The van der Waals surface area contributed by atoms with Crippen LogP contribution in [0.5, 0.6) is 0 Å². The van der Waals surface area contributed by atoms with Crippen molar-refractivity contribution in [2.75, 3.05) is 19.4 Å². The van der Waals surface area contributed by atoms with Crippen LogP contribution in [-0.4, -0.2) is 19.4 Å². The summed E-state index contributed by atoms with van der Waals surface area (Å²) < 4.78 is 22.6. The molecule has 1 aromatic rings. The van der Waals surface area contributed by atoms with Crippen LogP contribution in [0.1, 0.15) is 19.5 Å². The second-order valence-corrected chi connectivity index (χ2v) is 5.49. The summed E-state index contributed by atoms with van der Waals surface area (Å²) in [5.41, 5.74) is 1.03. The van der Waals surface area contributed by atoms with Gasteiger partial charge in [0.1, 0.15) is 0 Å². The normalized spacial score (nSPS) is 11.6. The van der Waals surface area contributed by atoms with Gasteiger partial charge in [-0.3, -0.25) is 4.57 Å². The first-order valence-electron chi connectivity index (χ1n) is 5.54. The van der Waals surface area contributed by atoms with E-state index < -0.39 is 7.60 Å². The number of H-pyrrole nitrogens is 1. The van der Waals surface area contributed by atoms with Gasteiger partial charge in [-0.05, 0) is 13.8 Å². The van der Waals surface area contributed by atoms with E-state index in [0.29, 0.717) is 25.8 Å². The molecule has 0 atom stereocenters. The van der Waals surface area contributed by atoms with Crippen molar-refractivity contribution < 1.29 is 18.6 Å². The SMILES string of the molecule is CCOP(=O)(CCc1cccc[nH+]1)OCC. The maximum atomic E-state index is 12.1. The highest BCUT2D eigenvalue weighted by atomic mass is 31.2. The Morgan fingerprint density at radius 2 is 1.94 bits per heavy atom. The van der Waals surface area contributed by atoms with Gasteiger partial charge in [0.05, 0.1) is 19.4 Å². The highest BCUT2D eigenvalue weighted by Crippen LogP contribution is 2.48. The molecule has 0 saturated carbocycles. The van der Waals surface area contributed by atoms with Crippen molar-refractivity contribution in [2.45, 2.75) is 20.3 Å². The zero-order chi connectivity index (χ0) is 11.9. The van der Waals surface area contributed by atoms with Crippen molar-refractivity contribution in [1.82, 2.24) is 0 Å². The molecule has 0 amide bonds. The van der Waals surface area contributed by atoms with Gasteiger partial charge >= 0.3 is 7.60 Å². The fraction of sp³-hybridized carbons (Fsp3) is 0.545. The molecule has 0 aliphatic carbocycles. The molecule has 16 heavy (non-hydrogen) atoms. The molecule has 90 valence electrons. The van der Waals surface area contributed by atoms with Crippen molar-refractivity contribution in [3.8, 4) is 0 Å². The Labute approximate surface area is 96.5 Å². The zero-order valence-electron chi connectivity index (χ0n) is 9.81. The molecule has 1 heterocycles. The number of hydrogen-bond donors (Lipinski definition) is 0. The molecule has 0 bridgehead atoms. The molecule has 5 heteroatoms. The zero-order valence-corrected chi connectivity index (χ0v) is 10.7. The van der Waals surface area contributed by atoms with Crippen LogP contribution in [0.25, 0.3) is 0 Å². The van der Waals surface area contributed by atoms with Crippen LogP contribution in [0.3, 0.4) is 0 Å². The summed E-state index contributed by atoms with van der Waals surface area (Å²) in [5, 5.41) is 0. The number of aryl methyl sites for hydroxylation is 1. The summed E-state index contributed by atoms with van der Waals surface area (Å²) in [6, 6.07) is 5.81. The molecule has 0 fully saturated rings. The first kappa shape index (κ1) is 13.4. The van der Waals surface area contributed by atoms with E-state index in [4.69, 9.17) is 9.05 Å². The molecule has 1 N–H and O–H groups in total. The molecule has 0 unspecified atom stereocenters. The van der Waals surface area contributed by atoms with Gasteiger partial charge in [0.2, 0.25) is 0 Å². The van der Waals surface area contributed by atoms with E-state index in [1.165, 1.54) is 0 Å². The number of aromatic amines is 1. The molecule has 0 spiro atoms. The van der Waals surface area contributed by atoms with Gasteiger partial charge in [-0.15, -0.1) is 0 Å². The van der Waals surface area contributed by atoms with Crippen molar-refractivity contribution in [1.29, 1.82) is 0 Å². The van der Waals surface area contributed by atoms with Gasteiger partial charge in [0, 0.05) is 18.6 Å². The maximum absolute atomic E-state index is 12.1. The molecule has 1 aromatic heterocycles. The van der Waals surface area contributed by atoms with Gasteiger partial charge in [0.15, 0.2) is 11.9 Å². The molecule has 0 saturated heterocycles. The van der Waals surface area contributed by atoms with Gasteiger partial charge in [-0.25, -0.2) is 4.98 Å². The number of nitrogens with one attached hydrogen (secondary N) is 1. The Bertz CT molecular complexity index is 332. The topological polar surface area (TPSA) is 49.7 Å². The third-order valence-electron chi connectivity index (χ3n) is 2.08. The summed E-state index contributed by atoms with van der Waals surface area (Å²) >= 11 is 0. The maximum Gasteiger partial charge on any atom is 0.331 e. The molecular weight excluding hydrogens is 225 g/mol. The molecule has 0 radical (unpaired) electrons. The van der Waals surface area contributed by atoms with E-state index in [0.717, 1.165) is 5.69 Å². The van der Waals surface area contributed by atoms with E-state index >= 15 is 0 Å². The van der Waals surface area contributed by atoms with E-state index in [1.807, 2.05) is 38.2 Å². The Kier molecular flexibility index (Phi) is 5.67. The summed E-state index contributed by atoms with van der Waals surface area (Å²) in [7, 11) is -2.90. The largest absolute Gasteiger partial charge is 0.331 e. The third kappa shape index (κ3) is 4.44. The van der Waals surface area contributed by atoms with Crippen molar-refractivity contribution in [3.63, 3.8) is 0 Å². The van der Waals surface area contributed by atoms with Crippen molar-refractivity contribution >= 4 is 7.60 Å². The Morgan fingerprint density at radius 3 is 2.44 bits per heavy atom. The summed E-state index contributed by atoms with van der Waals surface area (Å²) in [5.74, 6) is 0. The predicted molar refractivity (Wildman–Crippen MR) is 62.4 cm³/mol. The molecular formula is C11H19NO3P+. The van der Waals surface area contributed by atoms with Gasteiger partial charge in [-0.1, -0.05) is 6.07 Å². The number of aromatic nitrogens is 1. The van der Waals surface area contributed by atoms with Crippen molar-refractivity contribution in [2.24, 2.45) is 0 Å². The smallest absolute Gasteiger partial charge is 0.309 e. The van der Waals surface area contributed by atoms with Crippen LogP contribution in [0, 0.1) is 0 Å². The van der Waals surface area contributed by atoms with Gasteiger partial charge < -0.3 is 9.05 Å². The van der Waals surface area contributed by atoms with E-state index in [-0.39, 0.29) is 0 Å². The number of rotatable bonds is 7. The molecule has 0 aromatic carbocycles. The van der Waals surface area contributed by atoms with Crippen molar-refractivity contribution in [3.05, 3.63) is 30.1 Å². The number of pyridine rings is 1. The highest BCUT2D eigenvalue weighted by molar-refractivity contribution is 7.53.